The highest BCUT2D eigenvalue weighted by molar-refractivity contribution is 7.09. The largest absolute Gasteiger partial charge is 0.378 e. The third-order valence-electron chi connectivity index (χ3n) is 5.83. The normalized spacial score (nSPS) is 26.9. The second-order valence-corrected chi connectivity index (χ2v) is 8.41. The number of aromatic nitrogens is 1. The fourth-order valence-corrected chi connectivity index (χ4v) is 4.07. The Labute approximate surface area is 155 Å². The van der Waals surface area contributed by atoms with Crippen molar-refractivity contribution >= 4 is 17.3 Å². The molecule has 7 heteroatoms. The molecule has 1 aromatic rings. The average Bonchev–Trinajstić information content (AvgIpc) is 3.05. The molecule has 3 unspecified atom stereocenters. The summed E-state index contributed by atoms with van der Waals surface area (Å²) in [7, 11) is 7.35. The molecule has 0 bridgehead atoms. The zero-order valence-electron chi connectivity index (χ0n) is 16.7. The number of methoxy groups -OCH3 is 2. The van der Waals surface area contributed by atoms with Gasteiger partial charge in [-0.25, -0.2) is 4.98 Å². The molecule has 1 fully saturated rings. The molecular weight excluding hydrogens is 336 g/mol. The van der Waals surface area contributed by atoms with E-state index in [0.29, 0.717) is 12.6 Å². The van der Waals surface area contributed by atoms with Gasteiger partial charge in [0.1, 0.15) is 11.1 Å². The summed E-state index contributed by atoms with van der Waals surface area (Å²) in [4.78, 5) is 11.2. The van der Waals surface area contributed by atoms with Crippen molar-refractivity contribution < 1.29 is 9.47 Å². The van der Waals surface area contributed by atoms with Gasteiger partial charge in [0.2, 0.25) is 0 Å². The minimum absolute atomic E-state index is 0.0315. The van der Waals surface area contributed by atoms with Gasteiger partial charge >= 0.3 is 0 Å². The SMILES string of the molecule is CN=C(NC1CC(C)(OC)C1(C)C)N(C)Cc1csc(C(C)OC)n1. The van der Waals surface area contributed by atoms with Crippen LogP contribution < -0.4 is 5.32 Å². The second-order valence-electron chi connectivity index (χ2n) is 7.52. The van der Waals surface area contributed by atoms with Crippen molar-refractivity contribution in [1.82, 2.24) is 15.2 Å². The summed E-state index contributed by atoms with van der Waals surface area (Å²) in [5, 5.41) is 6.68. The van der Waals surface area contributed by atoms with Gasteiger partial charge in [-0.05, 0) is 20.3 Å². The lowest BCUT2D eigenvalue weighted by Gasteiger charge is -2.59. The van der Waals surface area contributed by atoms with Crippen LogP contribution in [0, 0.1) is 5.41 Å². The lowest BCUT2D eigenvalue weighted by atomic mass is 9.56. The number of guanidine groups is 1. The second kappa shape index (κ2) is 7.60. The minimum Gasteiger partial charge on any atom is -0.378 e. The summed E-state index contributed by atoms with van der Waals surface area (Å²) < 4.78 is 11.0. The van der Waals surface area contributed by atoms with Gasteiger partial charge in [-0.15, -0.1) is 11.3 Å². The van der Waals surface area contributed by atoms with Crippen LogP contribution in [0.25, 0.3) is 0 Å². The molecule has 2 rings (SSSR count). The first-order chi connectivity index (χ1) is 11.7. The van der Waals surface area contributed by atoms with E-state index in [1.807, 2.05) is 21.0 Å². The van der Waals surface area contributed by atoms with Gasteiger partial charge in [-0.3, -0.25) is 4.99 Å². The number of aliphatic imine (C=N–C) groups is 1. The maximum Gasteiger partial charge on any atom is 0.193 e. The molecule has 0 amide bonds. The van der Waals surface area contributed by atoms with Crippen LogP contribution in [-0.4, -0.2) is 55.8 Å². The number of ether oxygens (including phenoxy) is 2. The monoisotopic (exact) mass is 368 g/mol. The molecular formula is C18H32N4O2S. The van der Waals surface area contributed by atoms with Gasteiger partial charge in [0.05, 0.1) is 17.8 Å². The lowest BCUT2D eigenvalue weighted by molar-refractivity contribution is -0.176. The average molecular weight is 369 g/mol. The van der Waals surface area contributed by atoms with Crippen LogP contribution in [0.3, 0.4) is 0 Å². The highest BCUT2D eigenvalue weighted by atomic mass is 32.1. The van der Waals surface area contributed by atoms with E-state index in [0.717, 1.165) is 23.1 Å². The van der Waals surface area contributed by atoms with Crippen molar-refractivity contribution in [2.24, 2.45) is 10.4 Å². The van der Waals surface area contributed by atoms with Crippen LogP contribution in [0.2, 0.25) is 0 Å². The van der Waals surface area contributed by atoms with E-state index >= 15 is 0 Å². The molecule has 0 aromatic carbocycles. The van der Waals surface area contributed by atoms with Gasteiger partial charge in [-0.2, -0.15) is 0 Å². The van der Waals surface area contributed by atoms with E-state index in [1.165, 1.54) is 0 Å². The van der Waals surface area contributed by atoms with Gasteiger partial charge < -0.3 is 19.7 Å². The van der Waals surface area contributed by atoms with Gasteiger partial charge in [-0.1, -0.05) is 13.8 Å². The first-order valence-corrected chi connectivity index (χ1v) is 9.53. The van der Waals surface area contributed by atoms with Gasteiger partial charge in [0.25, 0.3) is 0 Å². The molecule has 1 saturated carbocycles. The van der Waals surface area contributed by atoms with Crippen LogP contribution in [0.4, 0.5) is 0 Å². The summed E-state index contributed by atoms with van der Waals surface area (Å²) in [6.45, 7) is 9.37. The Morgan fingerprint density at radius 3 is 2.68 bits per heavy atom. The maximum atomic E-state index is 5.71. The number of thiazole rings is 1. The van der Waals surface area contributed by atoms with E-state index < -0.39 is 0 Å². The Bertz CT molecular complexity index is 616. The van der Waals surface area contributed by atoms with E-state index in [2.05, 4.69) is 46.3 Å². The predicted octanol–water partition coefficient (Wildman–Crippen LogP) is 3.06. The zero-order valence-corrected chi connectivity index (χ0v) is 17.5. The van der Waals surface area contributed by atoms with Crippen molar-refractivity contribution in [2.75, 3.05) is 28.3 Å². The number of hydrogen-bond donors (Lipinski definition) is 1. The minimum atomic E-state index is -0.0950. The number of nitrogens with one attached hydrogen (secondary N) is 1. The Hall–Kier alpha value is -1.18. The van der Waals surface area contributed by atoms with E-state index in [9.17, 15) is 0 Å². The molecule has 1 aliphatic rings. The summed E-state index contributed by atoms with van der Waals surface area (Å²) in [5.41, 5.74) is 0.978. The van der Waals surface area contributed by atoms with E-state index in [4.69, 9.17) is 9.47 Å². The molecule has 1 heterocycles. The fraction of sp³-hybridized carbons (Fsp3) is 0.778. The van der Waals surface area contributed by atoms with E-state index in [1.54, 1.807) is 25.6 Å². The van der Waals surface area contributed by atoms with Gasteiger partial charge in [0, 0.05) is 45.2 Å². The van der Waals surface area contributed by atoms with Crippen molar-refractivity contribution in [1.29, 1.82) is 0 Å². The van der Waals surface area contributed by atoms with Crippen molar-refractivity contribution in [3.05, 3.63) is 16.1 Å². The molecule has 142 valence electrons. The molecule has 0 aliphatic heterocycles. The molecule has 1 aromatic heterocycles. The fourth-order valence-electron chi connectivity index (χ4n) is 3.22. The molecule has 0 radical (unpaired) electrons. The van der Waals surface area contributed by atoms with Crippen LogP contribution in [-0.2, 0) is 16.0 Å². The molecule has 6 nitrogen and oxygen atoms in total. The highest BCUT2D eigenvalue weighted by Crippen LogP contribution is 2.51. The number of hydrogen-bond acceptors (Lipinski definition) is 5. The molecule has 3 atom stereocenters. The zero-order chi connectivity index (χ0) is 18.8. The van der Waals surface area contributed by atoms with Crippen molar-refractivity contribution in [3.8, 4) is 0 Å². The molecule has 1 aliphatic carbocycles. The lowest BCUT2D eigenvalue weighted by Crippen LogP contribution is -2.69. The third kappa shape index (κ3) is 3.83. The van der Waals surface area contributed by atoms with Crippen LogP contribution in [0.1, 0.15) is 50.9 Å². The smallest absolute Gasteiger partial charge is 0.193 e. The Morgan fingerprint density at radius 2 is 2.16 bits per heavy atom. The summed E-state index contributed by atoms with van der Waals surface area (Å²) in [6.07, 6.45) is 0.999. The first-order valence-electron chi connectivity index (χ1n) is 8.65. The maximum absolute atomic E-state index is 5.71. The predicted molar refractivity (Wildman–Crippen MR) is 103 cm³/mol. The Morgan fingerprint density at radius 1 is 1.48 bits per heavy atom. The topological polar surface area (TPSA) is 59.0 Å². The van der Waals surface area contributed by atoms with E-state index in [-0.39, 0.29) is 17.1 Å². The summed E-state index contributed by atoms with van der Waals surface area (Å²) in [5.74, 6) is 0.880. The third-order valence-corrected chi connectivity index (χ3v) is 6.88. The highest BCUT2D eigenvalue weighted by Gasteiger charge is 2.58. The quantitative estimate of drug-likeness (QED) is 0.618. The van der Waals surface area contributed by atoms with Crippen molar-refractivity contribution in [2.45, 2.75) is 58.4 Å². The molecule has 0 saturated heterocycles. The van der Waals surface area contributed by atoms with Crippen LogP contribution in [0.15, 0.2) is 10.4 Å². The van der Waals surface area contributed by atoms with Crippen LogP contribution >= 0.6 is 11.3 Å². The molecule has 0 spiro atoms. The summed E-state index contributed by atoms with van der Waals surface area (Å²) >= 11 is 1.64. The Kier molecular flexibility index (Phi) is 6.12. The van der Waals surface area contributed by atoms with Crippen LogP contribution in [0.5, 0.6) is 0 Å². The number of nitrogens with zero attached hydrogens (tertiary/aromatic N) is 3. The first kappa shape index (κ1) is 20.1. The van der Waals surface area contributed by atoms with Crippen molar-refractivity contribution in [3.63, 3.8) is 0 Å². The summed E-state index contributed by atoms with van der Waals surface area (Å²) in [6, 6.07) is 0.332. The number of rotatable bonds is 6. The molecule has 25 heavy (non-hydrogen) atoms. The van der Waals surface area contributed by atoms with Gasteiger partial charge in [0.15, 0.2) is 5.96 Å². The Balaban J connectivity index is 1.98. The standard InChI is InChI=1S/C18H32N4O2S/c1-12(23-7)15-20-13(11-25-15)10-22(6)16(19-5)21-14-9-18(4,24-8)17(14,2)3/h11-12,14H,9-10H2,1-8H3,(H,19,21). The molecule has 1 N–H and O–H groups in total.